The lowest BCUT2D eigenvalue weighted by Crippen LogP contribution is -2.43. The first-order valence-electron chi connectivity index (χ1n) is 10.8. The van der Waals surface area contributed by atoms with Gasteiger partial charge in [0.25, 0.3) is 0 Å². The summed E-state index contributed by atoms with van der Waals surface area (Å²) < 4.78 is 12.4. The van der Waals surface area contributed by atoms with E-state index in [2.05, 4.69) is 19.6 Å². The van der Waals surface area contributed by atoms with Gasteiger partial charge < -0.3 is 14.6 Å². The van der Waals surface area contributed by atoms with Crippen molar-refractivity contribution in [2.75, 3.05) is 14.2 Å². The summed E-state index contributed by atoms with van der Waals surface area (Å²) in [5.74, 6) is 0.372. The van der Waals surface area contributed by atoms with Gasteiger partial charge in [0.15, 0.2) is 0 Å². The first kappa shape index (κ1) is 22.6. The van der Waals surface area contributed by atoms with Gasteiger partial charge in [-0.25, -0.2) is 9.31 Å². The fourth-order valence-corrected chi connectivity index (χ4v) is 5.92. The zero-order valence-corrected chi connectivity index (χ0v) is 20.5. The van der Waals surface area contributed by atoms with E-state index in [-0.39, 0.29) is 11.7 Å². The van der Waals surface area contributed by atoms with Gasteiger partial charge in [0.1, 0.15) is 25.1 Å². The number of esters is 1. The third-order valence-corrected chi connectivity index (χ3v) is 7.52. The van der Waals surface area contributed by atoms with Gasteiger partial charge in [-0.15, -0.1) is 0 Å². The van der Waals surface area contributed by atoms with Gasteiger partial charge in [-0.1, -0.05) is 62.1 Å². The van der Waals surface area contributed by atoms with Crippen molar-refractivity contribution in [1.29, 1.82) is 0 Å². The Morgan fingerprint density at radius 2 is 1.76 bits per heavy atom. The van der Waals surface area contributed by atoms with E-state index in [1.807, 2.05) is 53.0 Å². The van der Waals surface area contributed by atoms with Crippen LogP contribution in [0.4, 0.5) is 0 Å². The molecule has 7 heteroatoms. The minimum atomic E-state index is -1.91. The Hall–Kier alpha value is -3.58. The molecule has 0 saturated heterocycles. The molecular formula is C26H28N2O4Si. The Labute approximate surface area is 194 Å². The number of carbonyl (C=O) groups is 1. The zero-order valence-electron chi connectivity index (χ0n) is 19.5. The fraction of sp³-hybridized carbons (Fsp3) is 0.231. The summed E-state index contributed by atoms with van der Waals surface area (Å²) in [5.41, 5.74) is 4.72. The van der Waals surface area contributed by atoms with Crippen molar-refractivity contribution in [2.24, 2.45) is 0 Å². The third-order valence-electron chi connectivity index (χ3n) is 5.65. The minimum absolute atomic E-state index is 0.114. The molecule has 4 rings (SSSR count). The molecule has 2 heterocycles. The van der Waals surface area contributed by atoms with E-state index >= 15 is 0 Å². The van der Waals surface area contributed by atoms with Gasteiger partial charge >= 0.3 is 5.97 Å². The maximum atomic E-state index is 12.1. The van der Waals surface area contributed by atoms with Gasteiger partial charge in [0.2, 0.25) is 0 Å². The molecule has 0 aliphatic rings. The molecule has 2 aromatic heterocycles. The molecule has 1 N–H and O–H groups in total. The fourth-order valence-electron chi connectivity index (χ4n) is 4.21. The summed E-state index contributed by atoms with van der Waals surface area (Å²) in [5, 5.41) is 17.1. The van der Waals surface area contributed by atoms with Crippen LogP contribution in [-0.4, -0.2) is 43.0 Å². The average molecular weight is 461 g/mol. The highest BCUT2D eigenvalue weighted by molar-refractivity contribution is 6.88. The largest absolute Gasteiger partial charge is 0.506 e. The van der Waals surface area contributed by atoms with Crippen molar-refractivity contribution in [3.63, 3.8) is 0 Å². The van der Waals surface area contributed by atoms with Crippen molar-refractivity contribution in [3.8, 4) is 22.8 Å². The molecule has 0 saturated carbocycles. The standard InChI is InChI=1S/C26H28N2O4Si/c1-31-22-16-21(29)24-20(15-17-10-9-13-19(14-17)26(30)32-2)23(18-11-7-6-8-12-18)27-28(24)25(22)33(3,4)5/h6-14,16,29H,15H2,1-5H3. The predicted octanol–water partition coefficient (Wildman–Crippen LogP) is 4.64. The van der Waals surface area contributed by atoms with Crippen LogP contribution >= 0.6 is 0 Å². The van der Waals surface area contributed by atoms with E-state index in [0.717, 1.165) is 27.7 Å². The van der Waals surface area contributed by atoms with E-state index in [9.17, 15) is 9.90 Å². The van der Waals surface area contributed by atoms with Gasteiger partial charge in [0.05, 0.1) is 30.8 Å². The highest BCUT2D eigenvalue weighted by Gasteiger charge is 2.30. The molecule has 2 aromatic carbocycles. The second kappa shape index (κ2) is 8.75. The van der Waals surface area contributed by atoms with Crippen LogP contribution in [0.25, 0.3) is 16.8 Å². The second-order valence-corrected chi connectivity index (χ2v) is 14.0. The number of fused-ring (bicyclic) bond motifs is 1. The summed E-state index contributed by atoms with van der Waals surface area (Å²) in [6, 6.07) is 19.0. The van der Waals surface area contributed by atoms with Crippen molar-refractivity contribution in [3.05, 3.63) is 77.4 Å². The monoisotopic (exact) mass is 460 g/mol. The van der Waals surface area contributed by atoms with Crippen LogP contribution in [0.5, 0.6) is 11.5 Å². The van der Waals surface area contributed by atoms with E-state index < -0.39 is 8.07 Å². The molecule has 0 radical (unpaired) electrons. The summed E-state index contributed by atoms with van der Waals surface area (Å²) in [4.78, 5) is 12.1. The van der Waals surface area contributed by atoms with E-state index in [1.165, 1.54) is 7.11 Å². The van der Waals surface area contributed by atoms with Crippen molar-refractivity contribution in [2.45, 2.75) is 26.1 Å². The Balaban J connectivity index is 2.01. The van der Waals surface area contributed by atoms with Crippen LogP contribution in [0, 0.1) is 0 Å². The summed E-state index contributed by atoms with van der Waals surface area (Å²) in [7, 11) is 1.07. The first-order valence-corrected chi connectivity index (χ1v) is 14.3. The van der Waals surface area contributed by atoms with Crippen LogP contribution in [-0.2, 0) is 11.2 Å². The summed E-state index contributed by atoms with van der Waals surface area (Å²) in [6.45, 7) is 6.68. The molecule has 0 amide bonds. The van der Waals surface area contributed by atoms with Gasteiger partial charge in [-0.05, 0) is 17.7 Å². The second-order valence-electron chi connectivity index (χ2n) is 9.02. The van der Waals surface area contributed by atoms with E-state index in [0.29, 0.717) is 23.3 Å². The molecular weight excluding hydrogens is 432 g/mol. The lowest BCUT2D eigenvalue weighted by molar-refractivity contribution is 0.0600. The van der Waals surface area contributed by atoms with Crippen molar-refractivity contribution >= 4 is 24.9 Å². The number of carbonyl (C=O) groups excluding carboxylic acids is 1. The molecule has 170 valence electrons. The maximum absolute atomic E-state index is 12.1. The van der Waals surface area contributed by atoms with Crippen LogP contribution in [0.3, 0.4) is 0 Å². The zero-order chi connectivity index (χ0) is 23.8. The third kappa shape index (κ3) is 4.24. The molecule has 0 atom stereocenters. The predicted molar refractivity (Wildman–Crippen MR) is 132 cm³/mol. The molecule has 0 bridgehead atoms. The number of aromatic nitrogens is 2. The molecule has 0 aliphatic heterocycles. The van der Waals surface area contributed by atoms with Gasteiger partial charge in [-0.2, -0.15) is 5.10 Å². The molecule has 0 unspecified atom stereocenters. The van der Waals surface area contributed by atoms with Crippen LogP contribution in [0.1, 0.15) is 21.5 Å². The molecule has 0 spiro atoms. The molecule has 0 fully saturated rings. The molecule has 6 nitrogen and oxygen atoms in total. The van der Waals surface area contributed by atoms with E-state index in [4.69, 9.17) is 14.6 Å². The van der Waals surface area contributed by atoms with E-state index in [1.54, 1.807) is 19.2 Å². The number of rotatable bonds is 6. The Morgan fingerprint density at radius 3 is 2.39 bits per heavy atom. The number of hydrogen-bond acceptors (Lipinski definition) is 5. The number of nitrogens with zero attached hydrogens (tertiary/aromatic N) is 2. The number of pyridine rings is 1. The molecule has 0 aliphatic carbocycles. The summed E-state index contributed by atoms with van der Waals surface area (Å²) in [6.07, 6.45) is 0.490. The quantitative estimate of drug-likeness (QED) is 0.335. The topological polar surface area (TPSA) is 73.1 Å². The van der Waals surface area contributed by atoms with Crippen molar-refractivity contribution in [1.82, 2.24) is 9.61 Å². The van der Waals surface area contributed by atoms with Gasteiger partial charge in [0, 0.05) is 23.6 Å². The van der Waals surface area contributed by atoms with Crippen LogP contribution in [0.15, 0.2) is 60.7 Å². The average Bonchev–Trinajstić information content (AvgIpc) is 3.17. The highest BCUT2D eigenvalue weighted by atomic mass is 28.3. The number of aromatic hydroxyl groups is 1. The Morgan fingerprint density at radius 1 is 1.03 bits per heavy atom. The summed E-state index contributed by atoms with van der Waals surface area (Å²) >= 11 is 0. The lowest BCUT2D eigenvalue weighted by Gasteiger charge is -2.21. The number of methoxy groups -OCH3 is 2. The number of ether oxygens (including phenoxy) is 2. The maximum Gasteiger partial charge on any atom is 0.337 e. The lowest BCUT2D eigenvalue weighted by atomic mass is 9.98. The normalized spacial score (nSPS) is 11.5. The Bertz CT molecular complexity index is 1320. The minimum Gasteiger partial charge on any atom is -0.506 e. The Kier molecular flexibility index (Phi) is 5.99. The number of benzene rings is 2. The SMILES string of the molecule is COC(=O)c1cccc(Cc2c(-c3ccccc3)nn3c([Si](C)(C)C)c(OC)cc(O)c23)c1. The highest BCUT2D eigenvalue weighted by Crippen LogP contribution is 2.35. The van der Waals surface area contributed by atoms with Crippen LogP contribution in [0.2, 0.25) is 19.6 Å². The molecule has 4 aromatic rings. The van der Waals surface area contributed by atoms with Crippen LogP contribution < -0.4 is 10.1 Å². The van der Waals surface area contributed by atoms with Gasteiger partial charge in [-0.3, -0.25) is 0 Å². The van der Waals surface area contributed by atoms with Crippen molar-refractivity contribution < 1.29 is 19.4 Å². The first-order chi connectivity index (χ1) is 15.7. The molecule has 33 heavy (non-hydrogen) atoms. The smallest absolute Gasteiger partial charge is 0.337 e. The number of hydrogen-bond donors (Lipinski definition) is 1.